The molecule has 1 N–H and O–H groups in total. The molecule has 0 saturated carbocycles. The predicted molar refractivity (Wildman–Crippen MR) is 113 cm³/mol. The minimum Gasteiger partial charge on any atom is -0.496 e. The molecule has 1 aliphatic rings. The second-order valence-electron chi connectivity index (χ2n) is 7.65. The number of aromatic nitrogens is 3. The lowest BCUT2D eigenvalue weighted by atomic mass is 10.0. The third-order valence-corrected chi connectivity index (χ3v) is 5.87. The molecule has 3 aromatic rings. The van der Waals surface area contributed by atoms with Gasteiger partial charge in [-0.2, -0.15) is 0 Å². The minimum absolute atomic E-state index is 0.109. The summed E-state index contributed by atoms with van der Waals surface area (Å²) >= 11 is 0. The first kappa shape index (κ1) is 19.3. The summed E-state index contributed by atoms with van der Waals surface area (Å²) in [7, 11) is 1.71. The number of hydrogen-bond donors (Lipinski definition) is 1. The third kappa shape index (κ3) is 4.07. The normalized spacial score (nSPS) is 16.9. The fourth-order valence-electron chi connectivity index (χ4n) is 4.03. The molecule has 6 nitrogen and oxygen atoms in total. The zero-order valence-electron chi connectivity index (χ0n) is 17.1. The van der Waals surface area contributed by atoms with E-state index in [4.69, 9.17) is 9.72 Å². The number of nitrogens with one attached hydrogen (secondary N) is 1. The summed E-state index contributed by atoms with van der Waals surface area (Å²) < 4.78 is 5.43. The monoisotopic (exact) mass is 390 g/mol. The Kier molecular flexibility index (Phi) is 5.45. The Morgan fingerprint density at radius 1 is 1.17 bits per heavy atom. The number of hydrogen-bond acceptors (Lipinski definition) is 5. The molecule has 1 atom stereocenters. The second-order valence-corrected chi connectivity index (χ2v) is 7.65. The van der Waals surface area contributed by atoms with Crippen molar-refractivity contribution in [3.05, 3.63) is 75.5 Å². The van der Waals surface area contributed by atoms with E-state index < -0.39 is 0 Å². The molecule has 3 heterocycles. The Bertz CT molecular complexity index is 1060. The number of nitrogens with zero attached hydrogens (tertiary/aromatic N) is 3. The maximum absolute atomic E-state index is 12.2. The SMILES string of the molecule is COc1ccc(CN2CCC(c3cc(=O)[nH]c(-c4ccncc4)n3)C2)c(C)c1C. The van der Waals surface area contributed by atoms with Crippen LogP contribution >= 0.6 is 0 Å². The molecular weight excluding hydrogens is 364 g/mol. The highest BCUT2D eigenvalue weighted by Crippen LogP contribution is 2.30. The summed E-state index contributed by atoms with van der Waals surface area (Å²) in [6.07, 6.45) is 4.41. The summed E-state index contributed by atoms with van der Waals surface area (Å²) in [4.78, 5) is 26.3. The number of likely N-dealkylation sites (tertiary alicyclic amines) is 1. The lowest BCUT2D eigenvalue weighted by molar-refractivity contribution is 0.325. The van der Waals surface area contributed by atoms with E-state index in [1.165, 1.54) is 16.7 Å². The summed E-state index contributed by atoms with van der Waals surface area (Å²) in [5.74, 6) is 1.80. The van der Waals surface area contributed by atoms with Crippen molar-refractivity contribution >= 4 is 0 Å². The van der Waals surface area contributed by atoms with E-state index in [0.717, 1.165) is 43.1 Å². The van der Waals surface area contributed by atoms with Gasteiger partial charge in [-0.3, -0.25) is 14.7 Å². The Morgan fingerprint density at radius 3 is 2.72 bits per heavy atom. The summed E-state index contributed by atoms with van der Waals surface area (Å²) in [5.41, 5.74) is 5.42. The first-order valence-corrected chi connectivity index (χ1v) is 9.92. The molecule has 150 valence electrons. The van der Waals surface area contributed by atoms with Crippen molar-refractivity contribution in [1.29, 1.82) is 0 Å². The van der Waals surface area contributed by atoms with Crippen molar-refractivity contribution in [2.75, 3.05) is 20.2 Å². The number of aromatic amines is 1. The fraction of sp³-hybridized carbons (Fsp3) is 0.348. The zero-order chi connectivity index (χ0) is 20.4. The molecule has 1 saturated heterocycles. The lowest BCUT2D eigenvalue weighted by Crippen LogP contribution is -2.21. The fourth-order valence-corrected chi connectivity index (χ4v) is 4.03. The van der Waals surface area contributed by atoms with Gasteiger partial charge in [0.1, 0.15) is 11.6 Å². The number of benzene rings is 1. The van der Waals surface area contributed by atoms with Crippen LogP contribution in [0.15, 0.2) is 47.5 Å². The molecule has 0 spiro atoms. The molecule has 0 amide bonds. The topological polar surface area (TPSA) is 71.1 Å². The molecule has 4 rings (SSSR count). The van der Waals surface area contributed by atoms with E-state index in [1.54, 1.807) is 25.6 Å². The van der Waals surface area contributed by atoms with Gasteiger partial charge in [0, 0.05) is 43.0 Å². The van der Waals surface area contributed by atoms with Crippen LogP contribution in [0, 0.1) is 13.8 Å². The van der Waals surface area contributed by atoms with Crippen LogP contribution in [-0.2, 0) is 6.54 Å². The van der Waals surface area contributed by atoms with Crippen molar-refractivity contribution in [3.63, 3.8) is 0 Å². The zero-order valence-corrected chi connectivity index (χ0v) is 17.1. The molecule has 0 aliphatic carbocycles. The first-order valence-electron chi connectivity index (χ1n) is 9.92. The molecule has 6 heteroatoms. The number of rotatable bonds is 5. The summed E-state index contributed by atoms with van der Waals surface area (Å²) in [6.45, 7) is 7.05. The van der Waals surface area contributed by atoms with E-state index in [9.17, 15) is 4.79 Å². The van der Waals surface area contributed by atoms with Crippen LogP contribution in [0.3, 0.4) is 0 Å². The van der Waals surface area contributed by atoms with Crippen LogP contribution in [0.2, 0.25) is 0 Å². The molecular formula is C23H26N4O2. The van der Waals surface area contributed by atoms with Gasteiger partial charge >= 0.3 is 0 Å². The molecule has 1 aliphatic heterocycles. The van der Waals surface area contributed by atoms with Crippen LogP contribution in [0.4, 0.5) is 0 Å². The Balaban J connectivity index is 1.51. The number of pyridine rings is 1. The first-order chi connectivity index (χ1) is 14.0. The van der Waals surface area contributed by atoms with Gasteiger partial charge in [-0.05, 0) is 61.7 Å². The average molecular weight is 390 g/mol. The Hall–Kier alpha value is -2.99. The molecule has 1 aromatic carbocycles. The molecule has 0 bridgehead atoms. The molecule has 1 fully saturated rings. The number of methoxy groups -OCH3 is 1. The van der Waals surface area contributed by atoms with Crippen LogP contribution in [0.5, 0.6) is 5.75 Å². The third-order valence-electron chi connectivity index (χ3n) is 5.87. The van der Waals surface area contributed by atoms with Gasteiger partial charge in [0.2, 0.25) is 0 Å². The van der Waals surface area contributed by atoms with E-state index in [2.05, 4.69) is 34.8 Å². The van der Waals surface area contributed by atoms with E-state index in [-0.39, 0.29) is 11.5 Å². The number of H-pyrrole nitrogens is 1. The Labute approximate surface area is 170 Å². The average Bonchev–Trinajstić information content (AvgIpc) is 3.20. The van der Waals surface area contributed by atoms with Gasteiger partial charge in [-0.1, -0.05) is 6.07 Å². The standard InChI is InChI=1S/C23H26N4O2/c1-15-16(2)21(29-3)5-4-18(15)13-27-11-8-19(14-27)20-12-22(28)26-23(25-20)17-6-9-24-10-7-17/h4-7,9-10,12,19H,8,11,13-14H2,1-3H3,(H,25,26,28). The maximum Gasteiger partial charge on any atom is 0.251 e. The van der Waals surface area contributed by atoms with Crippen LogP contribution < -0.4 is 10.3 Å². The highest BCUT2D eigenvalue weighted by molar-refractivity contribution is 5.53. The van der Waals surface area contributed by atoms with Crippen molar-refractivity contribution in [2.45, 2.75) is 32.7 Å². The van der Waals surface area contributed by atoms with Crippen molar-refractivity contribution in [1.82, 2.24) is 19.9 Å². The molecule has 29 heavy (non-hydrogen) atoms. The Morgan fingerprint density at radius 2 is 1.97 bits per heavy atom. The van der Waals surface area contributed by atoms with Gasteiger partial charge in [0.25, 0.3) is 5.56 Å². The van der Waals surface area contributed by atoms with Crippen LogP contribution in [0.1, 0.15) is 34.7 Å². The molecule has 2 aromatic heterocycles. The second kappa shape index (κ2) is 8.17. The largest absolute Gasteiger partial charge is 0.496 e. The van der Waals surface area contributed by atoms with E-state index in [1.807, 2.05) is 18.2 Å². The summed E-state index contributed by atoms with van der Waals surface area (Å²) in [5, 5.41) is 0. The number of ether oxygens (including phenoxy) is 1. The summed E-state index contributed by atoms with van der Waals surface area (Å²) in [6, 6.07) is 9.56. The molecule has 0 radical (unpaired) electrons. The van der Waals surface area contributed by atoms with E-state index >= 15 is 0 Å². The van der Waals surface area contributed by atoms with Crippen LogP contribution in [-0.4, -0.2) is 40.1 Å². The highest BCUT2D eigenvalue weighted by atomic mass is 16.5. The quantitative estimate of drug-likeness (QED) is 0.723. The van der Waals surface area contributed by atoms with Crippen molar-refractivity contribution in [3.8, 4) is 17.1 Å². The van der Waals surface area contributed by atoms with Crippen LogP contribution in [0.25, 0.3) is 11.4 Å². The van der Waals surface area contributed by atoms with Gasteiger partial charge < -0.3 is 9.72 Å². The molecule has 1 unspecified atom stereocenters. The van der Waals surface area contributed by atoms with Gasteiger partial charge in [0.05, 0.1) is 12.8 Å². The van der Waals surface area contributed by atoms with Gasteiger partial charge in [-0.25, -0.2) is 4.98 Å². The van der Waals surface area contributed by atoms with Crippen molar-refractivity contribution in [2.24, 2.45) is 0 Å². The van der Waals surface area contributed by atoms with Crippen molar-refractivity contribution < 1.29 is 4.74 Å². The highest BCUT2D eigenvalue weighted by Gasteiger charge is 2.26. The van der Waals surface area contributed by atoms with Gasteiger partial charge in [-0.15, -0.1) is 0 Å². The maximum atomic E-state index is 12.2. The lowest BCUT2D eigenvalue weighted by Gasteiger charge is -2.19. The minimum atomic E-state index is -0.109. The van der Waals surface area contributed by atoms with Gasteiger partial charge in [0.15, 0.2) is 0 Å². The smallest absolute Gasteiger partial charge is 0.251 e. The van der Waals surface area contributed by atoms with E-state index in [0.29, 0.717) is 5.82 Å². The predicted octanol–water partition coefficient (Wildman–Crippen LogP) is 3.45.